The van der Waals surface area contributed by atoms with Crippen LogP contribution in [0.15, 0.2) is 48.5 Å². The van der Waals surface area contributed by atoms with Crippen LogP contribution in [-0.4, -0.2) is 30.2 Å². The number of amides is 1. The molecule has 2 N–H and O–H groups in total. The Balaban J connectivity index is 2.18. The second kappa shape index (κ2) is 8.50. The van der Waals surface area contributed by atoms with Crippen molar-refractivity contribution in [3.8, 4) is 0 Å². The van der Waals surface area contributed by atoms with Crippen LogP contribution in [0, 0.1) is 13.8 Å². The second-order valence-corrected chi connectivity index (χ2v) is 6.02. The highest BCUT2D eigenvalue weighted by Crippen LogP contribution is 2.21. The van der Waals surface area contributed by atoms with Crippen molar-refractivity contribution in [3.63, 3.8) is 0 Å². The van der Waals surface area contributed by atoms with Gasteiger partial charge in [-0.1, -0.05) is 43.3 Å². The summed E-state index contributed by atoms with van der Waals surface area (Å²) >= 11 is 0. The smallest absolute Gasteiger partial charge is 0.243 e. The van der Waals surface area contributed by atoms with Crippen molar-refractivity contribution < 1.29 is 9.90 Å². The van der Waals surface area contributed by atoms with E-state index in [0.717, 1.165) is 28.9 Å². The molecule has 0 spiro atoms. The topological polar surface area (TPSA) is 52.6 Å². The summed E-state index contributed by atoms with van der Waals surface area (Å²) in [5, 5.41) is 12.7. The van der Waals surface area contributed by atoms with Gasteiger partial charge in [0.25, 0.3) is 0 Å². The minimum atomic E-state index is -0.0869. The van der Waals surface area contributed by atoms with Crippen molar-refractivity contribution in [1.29, 1.82) is 0 Å². The van der Waals surface area contributed by atoms with Gasteiger partial charge in [-0.15, -0.1) is 0 Å². The van der Waals surface area contributed by atoms with Crippen LogP contribution in [0.2, 0.25) is 0 Å². The molecule has 0 aliphatic rings. The summed E-state index contributed by atoms with van der Waals surface area (Å²) in [6, 6.07) is 15.6. The Morgan fingerprint density at radius 2 is 1.71 bits per heavy atom. The number of nitrogens with one attached hydrogen (secondary N) is 1. The lowest BCUT2D eigenvalue weighted by Gasteiger charge is -2.31. The lowest BCUT2D eigenvalue weighted by molar-refractivity contribution is -0.115. The Hall–Kier alpha value is -2.33. The zero-order valence-electron chi connectivity index (χ0n) is 14.6. The van der Waals surface area contributed by atoms with Crippen LogP contribution in [-0.2, 0) is 4.79 Å². The van der Waals surface area contributed by atoms with Gasteiger partial charge in [-0.2, -0.15) is 0 Å². The minimum Gasteiger partial charge on any atom is -0.394 e. The number of para-hydroxylation sites is 2. The lowest BCUT2D eigenvalue weighted by Crippen LogP contribution is -2.43. The molecule has 0 fully saturated rings. The van der Waals surface area contributed by atoms with Crippen LogP contribution in [0.1, 0.15) is 24.5 Å². The summed E-state index contributed by atoms with van der Waals surface area (Å²) in [5.74, 6) is -0.0804. The number of aliphatic hydroxyl groups excluding tert-OH is 1. The summed E-state index contributed by atoms with van der Waals surface area (Å²) in [6.07, 6.45) is 0.766. The van der Waals surface area contributed by atoms with Gasteiger partial charge in [-0.25, -0.2) is 0 Å². The van der Waals surface area contributed by atoms with Crippen molar-refractivity contribution in [2.45, 2.75) is 33.2 Å². The number of nitrogens with zero attached hydrogens (tertiary/aromatic N) is 1. The van der Waals surface area contributed by atoms with E-state index >= 15 is 0 Å². The van der Waals surface area contributed by atoms with E-state index in [0.29, 0.717) is 0 Å². The normalized spacial score (nSPS) is 11.8. The maximum absolute atomic E-state index is 12.6. The van der Waals surface area contributed by atoms with Crippen molar-refractivity contribution in [2.75, 3.05) is 23.4 Å². The summed E-state index contributed by atoms with van der Waals surface area (Å²) in [6.45, 7) is 6.21. The van der Waals surface area contributed by atoms with Crippen LogP contribution in [0.25, 0.3) is 0 Å². The number of aliphatic hydroxyl groups is 1. The molecule has 2 aromatic carbocycles. The molecular weight excluding hydrogens is 300 g/mol. The molecule has 4 nitrogen and oxygen atoms in total. The molecule has 0 aliphatic carbocycles. The van der Waals surface area contributed by atoms with Crippen LogP contribution in [0.5, 0.6) is 0 Å². The molecule has 2 rings (SSSR count). The van der Waals surface area contributed by atoms with Gasteiger partial charge < -0.3 is 15.3 Å². The van der Waals surface area contributed by atoms with Gasteiger partial charge in [-0.05, 0) is 43.5 Å². The zero-order valence-corrected chi connectivity index (χ0v) is 14.6. The van der Waals surface area contributed by atoms with Crippen LogP contribution >= 0.6 is 0 Å². The number of carbonyl (C=O) groups excluding carboxylic acids is 1. The molecule has 128 valence electrons. The molecule has 1 amide bonds. The highest BCUT2D eigenvalue weighted by atomic mass is 16.3. The summed E-state index contributed by atoms with van der Waals surface area (Å²) in [7, 11) is 0. The first-order chi connectivity index (χ1) is 11.6. The van der Waals surface area contributed by atoms with Gasteiger partial charge in [0.05, 0.1) is 19.2 Å². The number of rotatable bonds is 7. The standard InChI is InChI=1S/C20H26N2O2/c1-4-17(14-23)22(18-11-6-5-7-12-18)13-19(24)21-20-15(2)9-8-10-16(20)3/h5-12,17,23H,4,13-14H2,1-3H3,(H,21,24). The molecule has 0 bridgehead atoms. The third-order valence-corrected chi connectivity index (χ3v) is 4.27. The van der Waals surface area contributed by atoms with Gasteiger partial charge in [0.15, 0.2) is 0 Å². The molecule has 1 atom stereocenters. The molecule has 0 aromatic heterocycles. The van der Waals surface area contributed by atoms with Gasteiger partial charge >= 0.3 is 0 Å². The average molecular weight is 326 g/mol. The number of benzene rings is 2. The van der Waals surface area contributed by atoms with E-state index in [-0.39, 0.29) is 25.1 Å². The largest absolute Gasteiger partial charge is 0.394 e. The first-order valence-electron chi connectivity index (χ1n) is 8.35. The van der Waals surface area contributed by atoms with E-state index in [9.17, 15) is 9.90 Å². The molecule has 1 unspecified atom stereocenters. The highest BCUT2D eigenvalue weighted by molar-refractivity contribution is 5.95. The quantitative estimate of drug-likeness (QED) is 0.818. The first-order valence-corrected chi connectivity index (χ1v) is 8.35. The maximum Gasteiger partial charge on any atom is 0.243 e. The number of anilines is 2. The highest BCUT2D eigenvalue weighted by Gasteiger charge is 2.20. The zero-order chi connectivity index (χ0) is 17.5. The number of carbonyl (C=O) groups is 1. The van der Waals surface area contributed by atoms with E-state index in [4.69, 9.17) is 0 Å². The van der Waals surface area contributed by atoms with E-state index in [2.05, 4.69) is 5.32 Å². The average Bonchev–Trinajstić information content (AvgIpc) is 2.59. The monoisotopic (exact) mass is 326 g/mol. The second-order valence-electron chi connectivity index (χ2n) is 6.02. The van der Waals surface area contributed by atoms with Crippen molar-refractivity contribution in [1.82, 2.24) is 0 Å². The third kappa shape index (κ3) is 4.36. The Morgan fingerprint density at radius 1 is 1.08 bits per heavy atom. The van der Waals surface area contributed by atoms with Crippen LogP contribution < -0.4 is 10.2 Å². The van der Waals surface area contributed by atoms with E-state index in [1.807, 2.05) is 74.2 Å². The van der Waals surface area contributed by atoms with Crippen molar-refractivity contribution in [3.05, 3.63) is 59.7 Å². The Kier molecular flexibility index (Phi) is 6.38. The van der Waals surface area contributed by atoms with Crippen LogP contribution in [0.4, 0.5) is 11.4 Å². The number of aryl methyl sites for hydroxylation is 2. The van der Waals surface area contributed by atoms with E-state index < -0.39 is 0 Å². The molecule has 2 aromatic rings. The number of hydrogen-bond donors (Lipinski definition) is 2. The van der Waals surface area contributed by atoms with Gasteiger partial charge in [0, 0.05) is 11.4 Å². The molecule has 0 saturated heterocycles. The molecular formula is C20H26N2O2. The predicted octanol–water partition coefficient (Wildman–Crippen LogP) is 3.52. The van der Waals surface area contributed by atoms with E-state index in [1.54, 1.807) is 0 Å². The summed E-state index contributed by atoms with van der Waals surface area (Å²) in [4.78, 5) is 14.6. The van der Waals surface area contributed by atoms with E-state index in [1.165, 1.54) is 0 Å². The molecule has 0 aliphatic heterocycles. The van der Waals surface area contributed by atoms with Crippen LogP contribution in [0.3, 0.4) is 0 Å². The molecule has 0 saturated carbocycles. The van der Waals surface area contributed by atoms with Gasteiger partial charge in [0.2, 0.25) is 5.91 Å². The molecule has 0 radical (unpaired) electrons. The van der Waals surface area contributed by atoms with Crippen molar-refractivity contribution >= 4 is 17.3 Å². The van der Waals surface area contributed by atoms with Crippen molar-refractivity contribution in [2.24, 2.45) is 0 Å². The Labute approximate surface area is 144 Å². The van der Waals surface area contributed by atoms with Gasteiger partial charge in [0.1, 0.15) is 0 Å². The SMILES string of the molecule is CCC(CO)N(CC(=O)Nc1c(C)cccc1C)c1ccccc1. The molecule has 24 heavy (non-hydrogen) atoms. The predicted molar refractivity (Wildman–Crippen MR) is 99.5 cm³/mol. The Morgan fingerprint density at radius 3 is 2.25 bits per heavy atom. The van der Waals surface area contributed by atoms with Gasteiger partial charge in [-0.3, -0.25) is 4.79 Å². The summed E-state index contributed by atoms with van der Waals surface area (Å²) < 4.78 is 0. The fraction of sp³-hybridized carbons (Fsp3) is 0.350. The lowest BCUT2D eigenvalue weighted by atomic mass is 10.1. The third-order valence-electron chi connectivity index (χ3n) is 4.27. The fourth-order valence-electron chi connectivity index (χ4n) is 2.84. The minimum absolute atomic E-state index is 0.0159. The Bertz CT molecular complexity index is 646. The fourth-order valence-corrected chi connectivity index (χ4v) is 2.84. The molecule has 0 heterocycles. The first kappa shape index (κ1) is 18.0. The maximum atomic E-state index is 12.6. The number of hydrogen-bond acceptors (Lipinski definition) is 3. The molecule has 4 heteroatoms. The summed E-state index contributed by atoms with van der Waals surface area (Å²) in [5.41, 5.74) is 3.90.